The van der Waals surface area contributed by atoms with Crippen molar-refractivity contribution >= 4 is 28.7 Å². The summed E-state index contributed by atoms with van der Waals surface area (Å²) in [5.41, 5.74) is 3.85. The number of carbonyl (C=O) groups excluding carboxylic acids is 1. The predicted molar refractivity (Wildman–Crippen MR) is 123 cm³/mol. The number of piperazine rings is 1. The molecule has 2 aliphatic rings. The topological polar surface area (TPSA) is 112 Å². The zero-order chi connectivity index (χ0) is 22.7. The summed E-state index contributed by atoms with van der Waals surface area (Å²) in [5.74, 6) is 1.59. The van der Waals surface area contributed by atoms with Crippen LogP contribution in [0.1, 0.15) is 12.8 Å². The highest BCUT2D eigenvalue weighted by Crippen LogP contribution is 2.34. The van der Waals surface area contributed by atoms with E-state index in [0.717, 1.165) is 35.4 Å². The van der Waals surface area contributed by atoms with E-state index in [1.807, 2.05) is 49.3 Å². The lowest BCUT2D eigenvalue weighted by atomic mass is 10.2. The molecule has 2 fully saturated rings. The van der Waals surface area contributed by atoms with Gasteiger partial charge in [-0.15, -0.1) is 0 Å². The fourth-order valence-corrected chi connectivity index (χ4v) is 4.76. The lowest BCUT2D eigenvalue weighted by molar-refractivity contribution is -0.132. The van der Waals surface area contributed by atoms with E-state index in [4.69, 9.17) is 4.98 Å². The van der Waals surface area contributed by atoms with Gasteiger partial charge in [-0.2, -0.15) is 10.2 Å². The van der Waals surface area contributed by atoms with Crippen molar-refractivity contribution in [1.29, 1.82) is 0 Å². The second-order valence-electron chi connectivity index (χ2n) is 8.82. The molecule has 33 heavy (non-hydrogen) atoms. The van der Waals surface area contributed by atoms with Crippen LogP contribution >= 0.6 is 0 Å². The van der Waals surface area contributed by atoms with Gasteiger partial charge >= 0.3 is 0 Å². The Kier molecular flexibility index (Phi) is 4.32. The summed E-state index contributed by atoms with van der Waals surface area (Å²) in [6.45, 7) is 0.697. The highest BCUT2D eigenvalue weighted by Gasteiger charge is 2.45. The molecular weight excluding hydrogens is 420 g/mol. The minimum atomic E-state index is -0.193. The number of anilines is 2. The van der Waals surface area contributed by atoms with Crippen LogP contribution in [-0.4, -0.2) is 85.5 Å². The van der Waals surface area contributed by atoms with E-state index < -0.39 is 0 Å². The molecule has 1 N–H and O–H groups in total. The maximum absolute atomic E-state index is 12.7. The van der Waals surface area contributed by atoms with Gasteiger partial charge in [-0.1, -0.05) is 0 Å². The largest absolute Gasteiger partial charge is 0.363 e. The third-order valence-electron chi connectivity index (χ3n) is 6.48. The number of rotatable bonds is 4. The van der Waals surface area contributed by atoms with Crippen LogP contribution in [0.4, 0.5) is 11.8 Å². The molecule has 0 radical (unpaired) electrons. The lowest BCUT2D eigenvalue weighted by Crippen LogP contribution is -2.56. The van der Waals surface area contributed by atoms with Crippen LogP contribution in [0.3, 0.4) is 0 Å². The number of hydrogen-bond acceptors (Lipinski definition) is 8. The molecule has 168 valence electrons. The number of nitrogens with one attached hydrogen (secondary N) is 1. The number of likely N-dealkylation sites (tertiary alicyclic amines) is 1. The van der Waals surface area contributed by atoms with E-state index in [-0.39, 0.29) is 18.0 Å². The monoisotopic (exact) mass is 444 g/mol. The normalized spacial score (nSPS) is 20.2. The predicted octanol–water partition coefficient (Wildman–Crippen LogP) is 1.48. The van der Waals surface area contributed by atoms with Gasteiger partial charge < -0.3 is 14.7 Å². The Morgan fingerprint density at radius 3 is 2.79 bits per heavy atom. The Morgan fingerprint density at radius 1 is 1.12 bits per heavy atom. The zero-order valence-electron chi connectivity index (χ0n) is 18.7. The summed E-state index contributed by atoms with van der Waals surface area (Å²) in [6.07, 6.45) is 9.00. The van der Waals surface area contributed by atoms with Crippen molar-refractivity contribution in [2.75, 3.05) is 37.5 Å². The summed E-state index contributed by atoms with van der Waals surface area (Å²) >= 11 is 0. The Labute approximate surface area is 190 Å². The van der Waals surface area contributed by atoms with Crippen molar-refractivity contribution in [2.45, 2.75) is 24.9 Å². The molecule has 2 atom stereocenters. The number of fused-ring (bicyclic) bond motifs is 3. The molecule has 2 saturated heterocycles. The summed E-state index contributed by atoms with van der Waals surface area (Å²) < 4.78 is 1.77. The van der Waals surface area contributed by atoms with Crippen LogP contribution < -0.4 is 9.80 Å². The molecule has 0 aromatic carbocycles. The highest BCUT2D eigenvalue weighted by atomic mass is 16.2. The second kappa shape index (κ2) is 7.26. The van der Waals surface area contributed by atoms with Crippen LogP contribution in [-0.2, 0) is 4.79 Å². The fraction of sp³-hybridized carbons (Fsp3) is 0.364. The van der Waals surface area contributed by atoms with Crippen molar-refractivity contribution in [1.82, 2.24) is 39.8 Å². The van der Waals surface area contributed by atoms with E-state index >= 15 is 0 Å². The summed E-state index contributed by atoms with van der Waals surface area (Å²) in [6, 6.07) is 3.97. The molecule has 6 heterocycles. The maximum atomic E-state index is 12.7. The third kappa shape index (κ3) is 3.11. The first-order valence-corrected chi connectivity index (χ1v) is 10.9. The van der Waals surface area contributed by atoms with Gasteiger partial charge in [-0.25, -0.2) is 19.6 Å². The number of hydrogen-bond donors (Lipinski definition) is 1. The van der Waals surface area contributed by atoms with Crippen molar-refractivity contribution in [3.63, 3.8) is 0 Å². The molecule has 0 spiro atoms. The van der Waals surface area contributed by atoms with Gasteiger partial charge in [0, 0.05) is 39.4 Å². The van der Waals surface area contributed by atoms with Crippen LogP contribution in [0.5, 0.6) is 0 Å². The zero-order valence-corrected chi connectivity index (χ0v) is 18.7. The van der Waals surface area contributed by atoms with E-state index in [2.05, 4.69) is 30.2 Å². The number of nitrogens with zero attached hydrogens (tertiary/aromatic N) is 9. The van der Waals surface area contributed by atoms with Crippen LogP contribution in [0.2, 0.25) is 0 Å². The Hall–Kier alpha value is -4.02. The van der Waals surface area contributed by atoms with E-state index in [0.29, 0.717) is 23.7 Å². The number of aromatic nitrogens is 7. The number of amides is 1. The molecule has 2 bridgehead atoms. The average Bonchev–Trinajstić information content (AvgIpc) is 3.54. The van der Waals surface area contributed by atoms with Gasteiger partial charge in [-0.05, 0) is 25.0 Å². The Balaban J connectivity index is 1.35. The van der Waals surface area contributed by atoms with Gasteiger partial charge in [0.25, 0.3) is 0 Å². The van der Waals surface area contributed by atoms with Crippen LogP contribution in [0.25, 0.3) is 28.0 Å². The van der Waals surface area contributed by atoms with Crippen molar-refractivity contribution in [3.8, 4) is 16.9 Å². The maximum Gasteiger partial charge on any atom is 0.245 e. The first-order chi connectivity index (χ1) is 16.0. The molecule has 6 rings (SSSR count). The molecule has 4 aromatic heterocycles. The minimum absolute atomic E-state index is 0.134. The quantitative estimate of drug-likeness (QED) is 0.504. The Bertz CT molecular complexity index is 1340. The number of aromatic amines is 1. The number of carbonyl (C=O) groups is 1. The molecule has 2 aliphatic heterocycles. The van der Waals surface area contributed by atoms with E-state index in [1.165, 1.54) is 0 Å². The standard InChI is InChI=1S/C22H24N10O/c1-29(2)18-7-5-14(9-23-18)31-11-13(8-25-31)19-20-16(27-28-19)10-24-22(26-20)32-15-4-6-17(32)21(33)30(3)12-15/h5,7-11,15,17H,4,6,12H2,1-3H3,(H,27,28). The third-order valence-corrected chi connectivity index (χ3v) is 6.48. The van der Waals surface area contributed by atoms with Crippen molar-refractivity contribution in [3.05, 3.63) is 36.9 Å². The molecule has 0 aliphatic carbocycles. The van der Waals surface area contributed by atoms with Crippen molar-refractivity contribution < 1.29 is 4.79 Å². The van der Waals surface area contributed by atoms with E-state index in [1.54, 1.807) is 23.3 Å². The molecule has 1 amide bonds. The lowest BCUT2D eigenvalue weighted by Gasteiger charge is -2.38. The molecule has 11 heteroatoms. The SMILES string of the molecule is CN1CC2CCC(C1=O)N2c1ncc2[nH]nc(-c3cnn(-c4ccc(N(C)C)nc4)c3)c2n1. The van der Waals surface area contributed by atoms with Gasteiger partial charge in [0.1, 0.15) is 28.6 Å². The van der Waals surface area contributed by atoms with Gasteiger partial charge in [-0.3, -0.25) is 9.89 Å². The minimum Gasteiger partial charge on any atom is -0.363 e. The van der Waals surface area contributed by atoms with Gasteiger partial charge in [0.2, 0.25) is 11.9 Å². The second-order valence-corrected chi connectivity index (χ2v) is 8.82. The number of likely N-dealkylation sites (N-methyl/N-ethyl adjacent to an activating group) is 1. The number of pyridine rings is 1. The molecule has 4 aromatic rings. The summed E-state index contributed by atoms with van der Waals surface area (Å²) in [4.78, 5) is 32.4. The molecular formula is C22H24N10O. The summed E-state index contributed by atoms with van der Waals surface area (Å²) in [7, 11) is 5.77. The molecule has 2 unspecified atom stereocenters. The van der Waals surface area contributed by atoms with E-state index in [9.17, 15) is 4.79 Å². The fourth-order valence-electron chi connectivity index (χ4n) is 4.76. The van der Waals surface area contributed by atoms with Crippen LogP contribution in [0.15, 0.2) is 36.9 Å². The average molecular weight is 445 g/mol. The highest BCUT2D eigenvalue weighted by molar-refractivity contribution is 5.91. The Morgan fingerprint density at radius 2 is 2.00 bits per heavy atom. The first-order valence-electron chi connectivity index (χ1n) is 10.9. The first kappa shape index (κ1) is 19.6. The van der Waals surface area contributed by atoms with Gasteiger partial charge in [0.05, 0.1) is 30.3 Å². The smallest absolute Gasteiger partial charge is 0.245 e. The molecule has 0 saturated carbocycles. The van der Waals surface area contributed by atoms with Crippen LogP contribution in [0, 0.1) is 0 Å². The van der Waals surface area contributed by atoms with Gasteiger partial charge in [0.15, 0.2) is 0 Å². The number of H-pyrrole nitrogens is 1. The summed E-state index contributed by atoms with van der Waals surface area (Å²) in [5, 5.41) is 12.0. The van der Waals surface area contributed by atoms with Crippen molar-refractivity contribution in [2.24, 2.45) is 0 Å². The molecule has 11 nitrogen and oxygen atoms in total.